The van der Waals surface area contributed by atoms with Gasteiger partial charge in [0.2, 0.25) is 5.89 Å². The molecule has 5 aromatic rings. The van der Waals surface area contributed by atoms with Crippen LogP contribution in [-0.4, -0.2) is 30.6 Å². The van der Waals surface area contributed by atoms with E-state index in [4.69, 9.17) is 4.42 Å². The minimum Gasteiger partial charge on any atom is -0.439 e. The van der Waals surface area contributed by atoms with Crippen LogP contribution in [0.15, 0.2) is 94.8 Å². The molecule has 7 nitrogen and oxygen atoms in total. The first-order valence-electron chi connectivity index (χ1n) is 11.9. The zero-order chi connectivity index (χ0) is 24.6. The summed E-state index contributed by atoms with van der Waals surface area (Å²) in [7, 11) is 0. The number of hydrogen-bond acceptors (Lipinski definition) is 6. The number of carbonyl (C=O) groups is 1. The summed E-state index contributed by atoms with van der Waals surface area (Å²) in [5, 5.41) is 16.4. The lowest BCUT2D eigenvalue weighted by molar-refractivity contribution is -0.115. The Morgan fingerprint density at radius 1 is 1.08 bits per heavy atom. The molecule has 1 unspecified atom stereocenters. The molecule has 3 aromatic heterocycles. The van der Waals surface area contributed by atoms with Gasteiger partial charge in [-0.25, -0.2) is 4.98 Å². The zero-order valence-corrected chi connectivity index (χ0v) is 19.8. The minimum absolute atomic E-state index is 0.00951. The van der Waals surface area contributed by atoms with E-state index >= 15 is 0 Å². The van der Waals surface area contributed by atoms with Gasteiger partial charge in [-0.15, -0.1) is 0 Å². The molecule has 0 aliphatic carbocycles. The molecule has 0 fully saturated rings. The number of allylic oxidation sites excluding steroid dienone is 2. The Balaban J connectivity index is 1.40. The van der Waals surface area contributed by atoms with Gasteiger partial charge in [-0.2, -0.15) is 5.10 Å². The average molecular weight is 477 g/mol. The van der Waals surface area contributed by atoms with E-state index in [1.54, 1.807) is 17.1 Å². The van der Waals surface area contributed by atoms with E-state index in [0.29, 0.717) is 29.3 Å². The van der Waals surface area contributed by atoms with Gasteiger partial charge in [0.1, 0.15) is 6.04 Å². The molecule has 1 N–H and O–H groups in total. The molecular formula is C29H24N4O3. The number of oxazole rings is 1. The topological polar surface area (TPSA) is 94.0 Å². The third-order valence-electron chi connectivity index (χ3n) is 6.63. The summed E-state index contributed by atoms with van der Waals surface area (Å²) in [6.45, 7) is 1.81. The SMILES string of the molecule is CC1=C(C(=O)Cc2ccc3cnccc3c2)C(c2cnc(-c3ccccc3)o2)n2nc(CO)cc2C1. The fraction of sp³-hybridized carbons (Fsp3) is 0.172. The van der Waals surface area contributed by atoms with Crippen LogP contribution in [0, 0.1) is 0 Å². The van der Waals surface area contributed by atoms with Crippen LogP contribution >= 0.6 is 0 Å². The van der Waals surface area contributed by atoms with Crippen LogP contribution in [0.2, 0.25) is 0 Å². The van der Waals surface area contributed by atoms with Crippen molar-refractivity contribution in [1.29, 1.82) is 0 Å². The largest absolute Gasteiger partial charge is 0.439 e. The molecule has 0 saturated carbocycles. The molecule has 7 heteroatoms. The first-order valence-corrected chi connectivity index (χ1v) is 11.9. The van der Waals surface area contributed by atoms with E-state index in [9.17, 15) is 9.90 Å². The van der Waals surface area contributed by atoms with Crippen molar-refractivity contribution >= 4 is 16.6 Å². The number of nitrogens with zero attached hydrogens (tertiary/aromatic N) is 4. The Kier molecular flexibility index (Phi) is 5.54. The lowest BCUT2D eigenvalue weighted by Crippen LogP contribution is -2.28. The van der Waals surface area contributed by atoms with Gasteiger partial charge < -0.3 is 9.52 Å². The Morgan fingerprint density at radius 3 is 2.78 bits per heavy atom. The van der Waals surface area contributed by atoms with E-state index in [1.165, 1.54) is 0 Å². The van der Waals surface area contributed by atoms with Gasteiger partial charge in [-0.3, -0.25) is 14.5 Å². The van der Waals surface area contributed by atoms with E-state index in [2.05, 4.69) is 15.1 Å². The molecule has 36 heavy (non-hydrogen) atoms. The highest BCUT2D eigenvalue weighted by Gasteiger charge is 2.35. The van der Waals surface area contributed by atoms with Crippen LogP contribution in [0.4, 0.5) is 0 Å². The molecule has 1 atom stereocenters. The number of pyridine rings is 1. The molecule has 0 amide bonds. The van der Waals surface area contributed by atoms with Gasteiger partial charge in [0.25, 0.3) is 0 Å². The number of carbonyl (C=O) groups excluding carboxylic acids is 1. The number of ketones is 1. The number of benzene rings is 2. The molecule has 6 rings (SSSR count). The third-order valence-corrected chi connectivity index (χ3v) is 6.63. The highest BCUT2D eigenvalue weighted by Crippen LogP contribution is 2.38. The average Bonchev–Trinajstić information content (AvgIpc) is 3.55. The Labute approximate surface area is 207 Å². The summed E-state index contributed by atoms with van der Waals surface area (Å²) >= 11 is 0. The van der Waals surface area contributed by atoms with Gasteiger partial charge in [-0.05, 0) is 42.1 Å². The summed E-state index contributed by atoms with van der Waals surface area (Å²) in [4.78, 5) is 22.5. The smallest absolute Gasteiger partial charge is 0.226 e. The van der Waals surface area contributed by atoms with Crippen molar-refractivity contribution in [3.05, 3.63) is 113 Å². The highest BCUT2D eigenvalue weighted by molar-refractivity contribution is 5.99. The molecule has 0 saturated heterocycles. The first kappa shape index (κ1) is 22.1. The second kappa shape index (κ2) is 9.02. The predicted octanol–water partition coefficient (Wildman–Crippen LogP) is 4.85. The van der Waals surface area contributed by atoms with E-state index in [0.717, 1.165) is 33.2 Å². The minimum atomic E-state index is -0.559. The number of fused-ring (bicyclic) bond motifs is 2. The molecule has 0 spiro atoms. The normalized spacial score (nSPS) is 15.3. The number of Topliss-reactive ketones (excluding diaryl/α,β-unsaturated/α-hetero) is 1. The van der Waals surface area contributed by atoms with Gasteiger partial charge >= 0.3 is 0 Å². The van der Waals surface area contributed by atoms with Crippen LogP contribution in [0.5, 0.6) is 0 Å². The maximum atomic E-state index is 13.8. The summed E-state index contributed by atoms with van der Waals surface area (Å²) in [6, 6.07) is 18.9. The third kappa shape index (κ3) is 3.93. The lowest BCUT2D eigenvalue weighted by atomic mass is 9.87. The van der Waals surface area contributed by atoms with E-state index < -0.39 is 6.04 Å². The number of aliphatic hydroxyl groups is 1. The Bertz CT molecular complexity index is 1610. The molecule has 0 bridgehead atoms. The van der Waals surface area contributed by atoms with Gasteiger partial charge in [0.05, 0.1) is 18.5 Å². The van der Waals surface area contributed by atoms with Crippen molar-refractivity contribution in [3.63, 3.8) is 0 Å². The first-order chi connectivity index (χ1) is 17.6. The molecule has 178 valence electrons. The molecular weight excluding hydrogens is 452 g/mol. The fourth-order valence-corrected chi connectivity index (χ4v) is 4.95. The monoisotopic (exact) mass is 476 g/mol. The molecule has 2 aromatic carbocycles. The summed E-state index contributed by atoms with van der Waals surface area (Å²) in [5.74, 6) is 1.03. The van der Waals surface area contributed by atoms with Crippen LogP contribution in [0.25, 0.3) is 22.2 Å². The maximum Gasteiger partial charge on any atom is 0.226 e. The molecule has 1 aliphatic heterocycles. The second-order valence-corrected chi connectivity index (χ2v) is 9.09. The fourth-order valence-electron chi connectivity index (χ4n) is 4.95. The second-order valence-electron chi connectivity index (χ2n) is 9.09. The van der Waals surface area contributed by atoms with Gasteiger partial charge in [0.15, 0.2) is 11.5 Å². The van der Waals surface area contributed by atoms with Crippen molar-refractivity contribution < 1.29 is 14.3 Å². The standard InChI is InChI=1S/C29H24N4O3/c1-18-11-24-14-23(17-34)32-33(24)28(26-16-31-29(36-26)20-5-3-2-4-6-20)27(18)25(35)13-19-7-8-22-15-30-10-9-21(22)12-19/h2-10,12,14-16,28,34H,11,13,17H2,1H3. The van der Waals surface area contributed by atoms with Crippen molar-refractivity contribution in [2.45, 2.75) is 32.4 Å². The number of aromatic nitrogens is 4. The molecule has 4 heterocycles. The van der Waals surface area contributed by atoms with Gasteiger partial charge in [0, 0.05) is 47.5 Å². The van der Waals surface area contributed by atoms with Gasteiger partial charge in [-0.1, -0.05) is 42.0 Å². The summed E-state index contributed by atoms with van der Waals surface area (Å²) in [6.07, 6.45) is 6.07. The van der Waals surface area contributed by atoms with Crippen molar-refractivity contribution in [2.75, 3.05) is 0 Å². The van der Waals surface area contributed by atoms with Crippen molar-refractivity contribution in [3.8, 4) is 11.5 Å². The van der Waals surface area contributed by atoms with E-state index in [-0.39, 0.29) is 18.8 Å². The van der Waals surface area contributed by atoms with Crippen LogP contribution in [0.3, 0.4) is 0 Å². The Morgan fingerprint density at radius 2 is 1.94 bits per heavy atom. The maximum absolute atomic E-state index is 13.8. The predicted molar refractivity (Wildman–Crippen MR) is 135 cm³/mol. The molecule has 1 aliphatic rings. The molecule has 0 radical (unpaired) electrons. The van der Waals surface area contributed by atoms with Crippen molar-refractivity contribution in [2.24, 2.45) is 0 Å². The summed E-state index contributed by atoms with van der Waals surface area (Å²) < 4.78 is 8.02. The van der Waals surface area contributed by atoms with Crippen molar-refractivity contribution in [1.82, 2.24) is 19.7 Å². The van der Waals surface area contributed by atoms with Crippen LogP contribution in [-0.2, 0) is 24.2 Å². The number of hydrogen-bond donors (Lipinski definition) is 1. The number of rotatable bonds is 6. The lowest BCUT2D eigenvalue weighted by Gasteiger charge is -2.27. The Hall–Kier alpha value is -4.36. The van der Waals surface area contributed by atoms with Crippen LogP contribution < -0.4 is 0 Å². The van der Waals surface area contributed by atoms with E-state index in [1.807, 2.05) is 73.8 Å². The quantitative estimate of drug-likeness (QED) is 0.376. The zero-order valence-electron chi connectivity index (χ0n) is 19.8. The number of aliphatic hydroxyl groups excluding tert-OH is 1. The van der Waals surface area contributed by atoms with Crippen LogP contribution in [0.1, 0.15) is 35.7 Å². The highest BCUT2D eigenvalue weighted by atomic mass is 16.4. The summed E-state index contributed by atoms with van der Waals surface area (Å²) in [5.41, 5.74) is 4.89.